The van der Waals surface area contributed by atoms with E-state index in [0.29, 0.717) is 19.0 Å². The molecule has 1 rings (SSSR count). The molecule has 0 aliphatic heterocycles. The first kappa shape index (κ1) is 21.9. The molecule has 0 spiro atoms. The lowest BCUT2D eigenvalue weighted by Crippen LogP contribution is -2.38. The Kier molecular flexibility index (Phi) is 13.8. The largest absolute Gasteiger partial charge is 0.478 e. The molecular weight excluding hydrogens is 407 g/mol. The summed E-state index contributed by atoms with van der Waals surface area (Å²) in [6, 6.07) is 3.87. The third-order valence-electron chi connectivity index (χ3n) is 2.82. The van der Waals surface area contributed by atoms with E-state index in [-0.39, 0.29) is 24.0 Å². The summed E-state index contributed by atoms with van der Waals surface area (Å²) in [6.45, 7) is 10.4. The van der Waals surface area contributed by atoms with Crippen molar-refractivity contribution in [3.05, 3.63) is 23.9 Å². The standard InChI is InChI=1S/C16H28N4O2.HI/c1-4-17-16(19-9-7-11-21-5-2)20-13-14-8-10-18-15(12-14)22-6-3;/h8,10,12H,4-7,9,11,13H2,1-3H3,(H2,17,19,20);1H. The number of pyridine rings is 1. The summed E-state index contributed by atoms with van der Waals surface area (Å²) in [4.78, 5) is 8.73. The summed E-state index contributed by atoms with van der Waals surface area (Å²) in [5.41, 5.74) is 1.07. The van der Waals surface area contributed by atoms with E-state index in [1.807, 2.05) is 26.0 Å². The molecule has 0 amide bonds. The van der Waals surface area contributed by atoms with Crippen LogP contribution in [0.2, 0.25) is 0 Å². The lowest BCUT2D eigenvalue weighted by atomic mass is 10.3. The summed E-state index contributed by atoms with van der Waals surface area (Å²) in [7, 11) is 0. The topological polar surface area (TPSA) is 67.8 Å². The number of ether oxygens (including phenoxy) is 2. The van der Waals surface area contributed by atoms with Gasteiger partial charge >= 0.3 is 0 Å². The lowest BCUT2D eigenvalue weighted by molar-refractivity contribution is 0.145. The normalized spacial score (nSPS) is 10.8. The highest BCUT2D eigenvalue weighted by molar-refractivity contribution is 14.0. The molecule has 1 aromatic rings. The molecule has 0 radical (unpaired) electrons. The molecule has 1 aromatic heterocycles. The van der Waals surface area contributed by atoms with Gasteiger partial charge in [0, 0.05) is 38.6 Å². The Morgan fingerprint density at radius 2 is 2.04 bits per heavy atom. The van der Waals surface area contributed by atoms with Crippen molar-refractivity contribution in [3.8, 4) is 5.88 Å². The van der Waals surface area contributed by atoms with Crippen LogP contribution in [0.4, 0.5) is 0 Å². The van der Waals surface area contributed by atoms with Gasteiger partial charge in [-0.05, 0) is 38.8 Å². The fourth-order valence-electron chi connectivity index (χ4n) is 1.81. The van der Waals surface area contributed by atoms with Crippen molar-refractivity contribution < 1.29 is 9.47 Å². The molecule has 0 saturated heterocycles. The van der Waals surface area contributed by atoms with Gasteiger partial charge in [0.1, 0.15) is 0 Å². The van der Waals surface area contributed by atoms with E-state index in [1.165, 1.54) is 0 Å². The van der Waals surface area contributed by atoms with Crippen LogP contribution >= 0.6 is 24.0 Å². The minimum absolute atomic E-state index is 0. The number of aromatic nitrogens is 1. The first-order chi connectivity index (χ1) is 10.8. The first-order valence-electron chi connectivity index (χ1n) is 7.97. The summed E-state index contributed by atoms with van der Waals surface area (Å²) >= 11 is 0. The SMILES string of the molecule is CCNC(=NCc1ccnc(OCC)c1)NCCCOCC.I. The highest BCUT2D eigenvalue weighted by Gasteiger charge is 2.00. The number of halogens is 1. The van der Waals surface area contributed by atoms with Crippen LogP contribution in [0.25, 0.3) is 0 Å². The van der Waals surface area contributed by atoms with E-state index in [2.05, 4.69) is 27.5 Å². The first-order valence-corrected chi connectivity index (χ1v) is 7.97. The fraction of sp³-hybridized carbons (Fsp3) is 0.625. The Morgan fingerprint density at radius 3 is 2.74 bits per heavy atom. The highest BCUT2D eigenvalue weighted by atomic mass is 127. The van der Waals surface area contributed by atoms with Crippen molar-refractivity contribution in [2.45, 2.75) is 33.7 Å². The molecule has 0 fully saturated rings. The van der Waals surface area contributed by atoms with Crippen LogP contribution < -0.4 is 15.4 Å². The second kappa shape index (κ2) is 14.5. The van der Waals surface area contributed by atoms with Gasteiger partial charge in [-0.25, -0.2) is 9.98 Å². The van der Waals surface area contributed by atoms with Crippen molar-refractivity contribution in [2.24, 2.45) is 4.99 Å². The van der Waals surface area contributed by atoms with Crippen molar-refractivity contribution in [2.75, 3.05) is 32.9 Å². The van der Waals surface area contributed by atoms with Gasteiger partial charge in [-0.2, -0.15) is 0 Å². The quantitative estimate of drug-likeness (QED) is 0.256. The van der Waals surface area contributed by atoms with Crippen molar-refractivity contribution >= 4 is 29.9 Å². The predicted octanol–water partition coefficient (Wildman–Crippen LogP) is 2.58. The molecule has 0 aromatic carbocycles. The fourth-order valence-corrected chi connectivity index (χ4v) is 1.81. The number of hydrogen-bond acceptors (Lipinski definition) is 4. The third kappa shape index (κ3) is 10.3. The van der Waals surface area contributed by atoms with Gasteiger partial charge < -0.3 is 20.1 Å². The Hall–Kier alpha value is -1.09. The maximum Gasteiger partial charge on any atom is 0.213 e. The zero-order chi connectivity index (χ0) is 16.0. The third-order valence-corrected chi connectivity index (χ3v) is 2.82. The molecule has 6 nitrogen and oxygen atoms in total. The van der Waals surface area contributed by atoms with Gasteiger partial charge in [0.25, 0.3) is 0 Å². The van der Waals surface area contributed by atoms with E-state index in [9.17, 15) is 0 Å². The van der Waals surface area contributed by atoms with Crippen molar-refractivity contribution in [1.82, 2.24) is 15.6 Å². The van der Waals surface area contributed by atoms with Crippen LogP contribution in [0.1, 0.15) is 32.8 Å². The molecule has 23 heavy (non-hydrogen) atoms. The van der Waals surface area contributed by atoms with Gasteiger partial charge in [0.15, 0.2) is 5.96 Å². The lowest BCUT2D eigenvalue weighted by Gasteiger charge is -2.11. The number of hydrogen-bond donors (Lipinski definition) is 2. The van der Waals surface area contributed by atoms with Crippen LogP contribution in [-0.4, -0.2) is 43.9 Å². The summed E-state index contributed by atoms with van der Waals surface area (Å²) < 4.78 is 10.7. The molecule has 0 aliphatic rings. The van der Waals surface area contributed by atoms with Crippen LogP contribution in [0.3, 0.4) is 0 Å². The predicted molar refractivity (Wildman–Crippen MR) is 105 cm³/mol. The molecule has 0 bridgehead atoms. The van der Waals surface area contributed by atoms with Gasteiger partial charge in [-0.3, -0.25) is 0 Å². The van der Waals surface area contributed by atoms with Crippen LogP contribution in [0, 0.1) is 0 Å². The molecule has 0 atom stereocenters. The molecule has 132 valence electrons. The number of aliphatic imine (C=N–C) groups is 1. The number of rotatable bonds is 10. The Labute approximate surface area is 156 Å². The molecule has 0 aliphatic carbocycles. The maximum absolute atomic E-state index is 5.40. The van der Waals surface area contributed by atoms with Crippen LogP contribution in [-0.2, 0) is 11.3 Å². The Morgan fingerprint density at radius 1 is 1.22 bits per heavy atom. The highest BCUT2D eigenvalue weighted by Crippen LogP contribution is 2.10. The maximum atomic E-state index is 5.40. The van der Waals surface area contributed by atoms with Gasteiger partial charge in [-0.1, -0.05) is 0 Å². The van der Waals surface area contributed by atoms with Crippen molar-refractivity contribution in [1.29, 1.82) is 0 Å². The van der Waals surface area contributed by atoms with E-state index in [1.54, 1.807) is 6.20 Å². The minimum atomic E-state index is 0. The molecule has 7 heteroatoms. The van der Waals surface area contributed by atoms with E-state index in [0.717, 1.165) is 44.2 Å². The number of nitrogens with one attached hydrogen (secondary N) is 2. The van der Waals surface area contributed by atoms with Gasteiger partial charge in [0.05, 0.1) is 13.2 Å². The monoisotopic (exact) mass is 436 g/mol. The molecule has 2 N–H and O–H groups in total. The zero-order valence-electron chi connectivity index (χ0n) is 14.3. The molecule has 1 heterocycles. The average molecular weight is 436 g/mol. The molecule has 0 saturated carbocycles. The second-order valence-electron chi connectivity index (χ2n) is 4.61. The van der Waals surface area contributed by atoms with Gasteiger partial charge in [-0.15, -0.1) is 24.0 Å². The van der Waals surface area contributed by atoms with E-state index in [4.69, 9.17) is 9.47 Å². The van der Waals surface area contributed by atoms with E-state index < -0.39 is 0 Å². The van der Waals surface area contributed by atoms with Crippen LogP contribution in [0.15, 0.2) is 23.3 Å². The summed E-state index contributed by atoms with van der Waals surface area (Å²) in [6.07, 6.45) is 2.71. The number of guanidine groups is 1. The zero-order valence-corrected chi connectivity index (χ0v) is 16.6. The second-order valence-corrected chi connectivity index (χ2v) is 4.61. The van der Waals surface area contributed by atoms with Crippen LogP contribution in [0.5, 0.6) is 5.88 Å². The average Bonchev–Trinajstić information content (AvgIpc) is 2.53. The Balaban J connectivity index is 0.00000484. The smallest absolute Gasteiger partial charge is 0.213 e. The van der Waals surface area contributed by atoms with Crippen molar-refractivity contribution in [3.63, 3.8) is 0 Å². The molecular formula is C16H29IN4O2. The number of nitrogens with zero attached hydrogens (tertiary/aromatic N) is 2. The Bertz CT molecular complexity index is 444. The molecule has 0 unspecified atom stereocenters. The van der Waals surface area contributed by atoms with E-state index >= 15 is 0 Å². The minimum Gasteiger partial charge on any atom is -0.478 e. The summed E-state index contributed by atoms with van der Waals surface area (Å²) in [5.74, 6) is 1.46. The van der Waals surface area contributed by atoms with Gasteiger partial charge in [0.2, 0.25) is 5.88 Å². The summed E-state index contributed by atoms with van der Waals surface area (Å²) in [5, 5.41) is 6.54.